The van der Waals surface area contributed by atoms with Crippen molar-refractivity contribution in [3.05, 3.63) is 60.8 Å². The van der Waals surface area contributed by atoms with Crippen molar-refractivity contribution in [2.75, 3.05) is 54.5 Å². The Kier molecular flexibility index (Phi) is 7.09. The lowest BCUT2D eigenvalue weighted by Gasteiger charge is -2.28. The predicted octanol–water partition coefficient (Wildman–Crippen LogP) is 3.83. The van der Waals surface area contributed by atoms with Gasteiger partial charge < -0.3 is 25.2 Å². The van der Waals surface area contributed by atoms with Crippen LogP contribution in [0.1, 0.15) is 19.8 Å². The zero-order chi connectivity index (χ0) is 24.0. The minimum absolute atomic E-state index is 0.0923. The number of anilines is 4. The summed E-state index contributed by atoms with van der Waals surface area (Å²) in [6.07, 6.45) is 3.69. The molecular weight excluding hydrogens is 440 g/mol. The number of ether oxygens (including phenoxy) is 1. The molecule has 0 saturated carbocycles. The molecule has 35 heavy (non-hydrogen) atoms. The Balaban J connectivity index is 1.26. The highest BCUT2D eigenvalue weighted by molar-refractivity contribution is 5.86. The normalized spacial score (nSPS) is 17.9. The number of hydrogen-bond acceptors (Lipinski definition) is 7. The fraction of sp³-hybridized carbons (Fsp3) is 0.370. The Morgan fingerprint density at radius 3 is 2.49 bits per heavy atom. The van der Waals surface area contributed by atoms with Gasteiger partial charge in [-0.3, -0.25) is 4.79 Å². The Labute approximate surface area is 206 Å². The van der Waals surface area contributed by atoms with E-state index in [9.17, 15) is 4.79 Å². The summed E-state index contributed by atoms with van der Waals surface area (Å²) in [5, 5.41) is 6.27. The molecule has 0 unspecified atom stereocenters. The fourth-order valence-corrected chi connectivity index (χ4v) is 4.75. The van der Waals surface area contributed by atoms with Gasteiger partial charge >= 0.3 is 0 Å². The maximum absolute atomic E-state index is 12.4. The molecule has 3 aromatic rings. The van der Waals surface area contributed by atoms with E-state index in [4.69, 9.17) is 9.72 Å². The first-order chi connectivity index (χ1) is 17.2. The van der Waals surface area contributed by atoms with Crippen molar-refractivity contribution in [3.63, 3.8) is 0 Å². The highest BCUT2D eigenvalue weighted by Crippen LogP contribution is 2.28. The van der Waals surface area contributed by atoms with Crippen LogP contribution in [0.15, 0.2) is 60.8 Å². The standard InChI is InChI=1S/C27H32N6O2/c1-2-28-26(34)25-4-3-15-33(25)23-9-5-20(6-10-23)24-13-14-29-27(31-24)30-21-7-11-22(12-8-21)32-16-18-35-19-17-32/h5-14,25H,2-4,15-19H2,1H3,(H,28,34)(H,29,30,31)/t25-/m0/s1. The molecule has 8 heteroatoms. The van der Waals surface area contributed by atoms with Crippen molar-refractivity contribution in [3.8, 4) is 11.3 Å². The molecule has 0 aliphatic carbocycles. The third-order valence-electron chi connectivity index (χ3n) is 6.56. The maximum atomic E-state index is 12.4. The van der Waals surface area contributed by atoms with E-state index in [1.165, 1.54) is 5.69 Å². The van der Waals surface area contributed by atoms with Crippen LogP contribution in [-0.2, 0) is 9.53 Å². The van der Waals surface area contributed by atoms with Crippen molar-refractivity contribution in [1.29, 1.82) is 0 Å². The van der Waals surface area contributed by atoms with E-state index in [1.54, 1.807) is 6.20 Å². The Hall–Kier alpha value is -3.65. The Morgan fingerprint density at radius 2 is 1.74 bits per heavy atom. The monoisotopic (exact) mass is 472 g/mol. The predicted molar refractivity (Wildman–Crippen MR) is 139 cm³/mol. The number of nitrogens with zero attached hydrogens (tertiary/aromatic N) is 4. The Morgan fingerprint density at radius 1 is 1.00 bits per heavy atom. The van der Waals surface area contributed by atoms with Crippen LogP contribution >= 0.6 is 0 Å². The van der Waals surface area contributed by atoms with Crippen LogP contribution in [0.25, 0.3) is 11.3 Å². The summed E-state index contributed by atoms with van der Waals surface area (Å²) < 4.78 is 5.44. The number of nitrogens with one attached hydrogen (secondary N) is 2. The number of hydrogen-bond donors (Lipinski definition) is 2. The molecule has 0 bridgehead atoms. The van der Waals surface area contributed by atoms with E-state index >= 15 is 0 Å². The smallest absolute Gasteiger partial charge is 0.242 e. The van der Waals surface area contributed by atoms with Crippen LogP contribution in [0.5, 0.6) is 0 Å². The minimum Gasteiger partial charge on any atom is -0.378 e. The number of carbonyl (C=O) groups excluding carboxylic acids is 1. The van der Waals surface area contributed by atoms with Gasteiger partial charge in [-0.15, -0.1) is 0 Å². The first-order valence-electron chi connectivity index (χ1n) is 12.4. The number of carbonyl (C=O) groups is 1. The summed E-state index contributed by atoms with van der Waals surface area (Å²) in [4.78, 5) is 26.1. The van der Waals surface area contributed by atoms with Gasteiger partial charge in [0.15, 0.2) is 0 Å². The summed E-state index contributed by atoms with van der Waals surface area (Å²) in [6, 6.07) is 18.4. The van der Waals surface area contributed by atoms with Crippen molar-refractivity contribution >= 4 is 28.9 Å². The zero-order valence-electron chi connectivity index (χ0n) is 20.1. The average Bonchev–Trinajstić information content (AvgIpc) is 3.40. The molecule has 2 aliphatic heterocycles. The highest BCUT2D eigenvalue weighted by Gasteiger charge is 2.30. The van der Waals surface area contributed by atoms with Gasteiger partial charge in [0, 0.05) is 55.0 Å². The lowest BCUT2D eigenvalue weighted by Crippen LogP contribution is -2.43. The highest BCUT2D eigenvalue weighted by atomic mass is 16.5. The van der Waals surface area contributed by atoms with E-state index in [0.717, 1.165) is 68.3 Å². The molecule has 2 aliphatic rings. The summed E-state index contributed by atoms with van der Waals surface area (Å²) in [7, 11) is 0. The third kappa shape index (κ3) is 5.38. The lowest BCUT2D eigenvalue weighted by atomic mass is 10.1. The zero-order valence-corrected chi connectivity index (χ0v) is 20.1. The summed E-state index contributed by atoms with van der Waals surface area (Å²) >= 11 is 0. The number of benzene rings is 2. The summed E-state index contributed by atoms with van der Waals surface area (Å²) in [6.45, 7) is 6.89. The molecule has 1 atom stereocenters. The second-order valence-electron chi connectivity index (χ2n) is 8.83. The molecule has 2 N–H and O–H groups in total. The van der Waals surface area contributed by atoms with Crippen molar-refractivity contribution < 1.29 is 9.53 Å². The molecule has 3 heterocycles. The molecule has 182 valence electrons. The third-order valence-corrected chi connectivity index (χ3v) is 6.56. The molecule has 0 spiro atoms. The van der Waals surface area contributed by atoms with Crippen molar-refractivity contribution in [2.45, 2.75) is 25.8 Å². The van der Waals surface area contributed by atoms with Gasteiger partial charge in [0.2, 0.25) is 11.9 Å². The molecule has 1 aromatic heterocycles. The first kappa shape index (κ1) is 23.1. The maximum Gasteiger partial charge on any atom is 0.242 e. The van der Waals surface area contributed by atoms with Gasteiger partial charge in [-0.2, -0.15) is 0 Å². The van der Waals surface area contributed by atoms with Crippen molar-refractivity contribution in [2.24, 2.45) is 0 Å². The first-order valence-corrected chi connectivity index (χ1v) is 12.4. The molecule has 5 rings (SSSR count). The van der Waals surface area contributed by atoms with Gasteiger partial charge in [0.25, 0.3) is 0 Å². The topological polar surface area (TPSA) is 82.6 Å². The lowest BCUT2D eigenvalue weighted by molar-refractivity contribution is -0.122. The summed E-state index contributed by atoms with van der Waals surface area (Å²) in [5.41, 5.74) is 5.06. The molecule has 2 aromatic carbocycles. The Bertz CT molecular complexity index is 1130. The SMILES string of the molecule is CCNC(=O)[C@@H]1CCCN1c1ccc(-c2ccnc(Nc3ccc(N4CCOCC4)cc3)n2)cc1. The van der Waals surface area contributed by atoms with Gasteiger partial charge in [-0.1, -0.05) is 12.1 Å². The number of morpholine rings is 1. The second kappa shape index (κ2) is 10.7. The summed E-state index contributed by atoms with van der Waals surface area (Å²) in [5.74, 6) is 0.667. The van der Waals surface area contributed by atoms with Gasteiger partial charge in [-0.25, -0.2) is 9.97 Å². The van der Waals surface area contributed by atoms with E-state index in [-0.39, 0.29) is 11.9 Å². The average molecular weight is 473 g/mol. The van der Waals surface area contributed by atoms with Crippen LogP contribution in [0.4, 0.5) is 23.0 Å². The number of rotatable bonds is 7. The van der Waals surface area contributed by atoms with E-state index in [0.29, 0.717) is 12.5 Å². The molecule has 0 radical (unpaired) electrons. The second-order valence-corrected chi connectivity index (χ2v) is 8.83. The number of amides is 1. The largest absolute Gasteiger partial charge is 0.378 e. The molecular formula is C27H32N6O2. The van der Waals surface area contributed by atoms with E-state index < -0.39 is 0 Å². The van der Waals surface area contributed by atoms with Crippen LogP contribution in [0, 0.1) is 0 Å². The van der Waals surface area contributed by atoms with Gasteiger partial charge in [-0.05, 0) is 62.2 Å². The van der Waals surface area contributed by atoms with Crippen LogP contribution in [-0.4, -0.2) is 61.3 Å². The van der Waals surface area contributed by atoms with Crippen LogP contribution < -0.4 is 20.4 Å². The van der Waals surface area contributed by atoms with Gasteiger partial charge in [0.1, 0.15) is 6.04 Å². The fourth-order valence-electron chi connectivity index (χ4n) is 4.75. The van der Waals surface area contributed by atoms with Gasteiger partial charge in [0.05, 0.1) is 18.9 Å². The minimum atomic E-state index is -0.0923. The molecule has 1 amide bonds. The number of aromatic nitrogens is 2. The number of likely N-dealkylation sites (N-methyl/N-ethyl adjacent to an activating group) is 1. The van der Waals surface area contributed by atoms with E-state index in [1.807, 2.05) is 13.0 Å². The molecule has 2 saturated heterocycles. The van der Waals surface area contributed by atoms with Crippen LogP contribution in [0.2, 0.25) is 0 Å². The van der Waals surface area contributed by atoms with E-state index in [2.05, 4.69) is 73.9 Å². The molecule has 8 nitrogen and oxygen atoms in total. The van der Waals surface area contributed by atoms with Crippen molar-refractivity contribution in [1.82, 2.24) is 15.3 Å². The quantitative estimate of drug-likeness (QED) is 0.541. The van der Waals surface area contributed by atoms with Crippen LogP contribution in [0.3, 0.4) is 0 Å². The molecule has 2 fully saturated rings.